The van der Waals surface area contributed by atoms with Crippen molar-refractivity contribution in [3.63, 3.8) is 0 Å². The van der Waals surface area contributed by atoms with Crippen LogP contribution >= 0.6 is 0 Å². The third kappa shape index (κ3) is 23.2. The molecule has 1 fully saturated rings. The normalized spacial score (nSPS) is 17.2. The quantitative estimate of drug-likeness (QED) is 0.0178. The van der Waals surface area contributed by atoms with Crippen molar-refractivity contribution in [2.75, 3.05) is 44.5 Å². The van der Waals surface area contributed by atoms with Gasteiger partial charge in [0, 0.05) is 158 Å². The van der Waals surface area contributed by atoms with Crippen molar-refractivity contribution in [2.45, 2.75) is 240 Å². The van der Waals surface area contributed by atoms with Crippen LogP contribution in [0.2, 0.25) is 0 Å². The van der Waals surface area contributed by atoms with Crippen LogP contribution in [0.4, 0.5) is 45.5 Å². The smallest absolute Gasteiger partial charge is 0.333 e. The number of carboxylic acid groups (broad SMARTS) is 1. The van der Waals surface area contributed by atoms with Gasteiger partial charge in [-0.25, -0.2) is 4.79 Å². The number of carbonyl (C=O) groups excluding carboxylic acids is 13. The number of anilines is 6. The predicted octanol–water partition coefficient (Wildman–Crippen LogP) is 17.5. The molecule has 10 amide bonds. The van der Waals surface area contributed by atoms with Crippen molar-refractivity contribution in [1.29, 1.82) is 0 Å². The minimum Gasteiger partial charge on any atom is -0.493 e. The molecule has 776 valence electrons. The second-order valence-electron chi connectivity index (χ2n) is 39.5. The number of hydroxylamine groups is 2. The summed E-state index contributed by atoms with van der Waals surface area (Å²) in [6, 6.07) is 55.1. The highest BCUT2D eigenvalue weighted by Crippen LogP contribution is 2.47. The number of ketones is 2. The third-order valence-corrected chi connectivity index (χ3v) is 28.7. The number of hydrogen-bond donors (Lipinski definition) is 5. The lowest BCUT2D eigenvalue weighted by Crippen LogP contribution is -2.39. The molecule has 19 rings (SSSR count). The number of aryl methyl sites for hydroxylation is 4. The lowest BCUT2D eigenvalue weighted by molar-refractivity contribution is -0.197. The molecule has 10 aromatic rings. The van der Waals surface area contributed by atoms with Crippen molar-refractivity contribution in [1.82, 2.24) is 15.7 Å². The maximum absolute atomic E-state index is 14.1. The van der Waals surface area contributed by atoms with Gasteiger partial charge >= 0.3 is 11.9 Å². The highest BCUT2D eigenvalue weighted by molar-refractivity contribution is 6.17. The predicted molar refractivity (Wildman–Crippen MR) is 563 cm³/mol. The number of para-hydroxylation sites is 4. The van der Waals surface area contributed by atoms with Gasteiger partial charge in [-0.3, -0.25) is 82.1 Å². The molecule has 9 aliphatic rings. The van der Waals surface area contributed by atoms with Gasteiger partial charge in [-0.15, -0.1) is 5.06 Å². The number of carbonyl (C=O) groups is 14. The van der Waals surface area contributed by atoms with Gasteiger partial charge in [0.15, 0.2) is 34.6 Å². The molecule has 0 unspecified atom stereocenters. The fraction of sp³-hybridized carbons (Fsp3) is 0.350. The van der Waals surface area contributed by atoms with Crippen LogP contribution in [0.3, 0.4) is 0 Å². The zero-order chi connectivity index (χ0) is 105. The first-order chi connectivity index (χ1) is 71.8. The van der Waals surface area contributed by atoms with Gasteiger partial charge in [0.2, 0.25) is 23.6 Å². The van der Waals surface area contributed by atoms with E-state index in [0.717, 1.165) is 81.8 Å². The second-order valence-corrected chi connectivity index (χ2v) is 39.5. The van der Waals surface area contributed by atoms with Gasteiger partial charge in [-0.2, -0.15) is 0 Å². The number of ether oxygens (including phenoxy) is 6. The van der Waals surface area contributed by atoms with Crippen LogP contribution in [0.5, 0.6) is 34.5 Å². The van der Waals surface area contributed by atoms with Crippen molar-refractivity contribution < 1.29 is 105 Å². The first-order valence-electron chi connectivity index (χ1n) is 50.6. The Hall–Kier alpha value is -16.5. The summed E-state index contributed by atoms with van der Waals surface area (Å²) in [7, 11) is 3.01. The number of aliphatic carboxylic acids is 1. The average molecular weight is 2030 g/mol. The molecule has 9 heterocycles. The largest absolute Gasteiger partial charge is 0.493 e. The molecule has 10 aromatic carbocycles. The fourth-order valence-electron chi connectivity index (χ4n) is 20.8. The van der Waals surface area contributed by atoms with Crippen molar-refractivity contribution in [2.24, 2.45) is 21.8 Å². The maximum Gasteiger partial charge on any atom is 0.333 e. The zero-order valence-electron chi connectivity index (χ0n) is 84.2. The number of imide groups is 1. The van der Waals surface area contributed by atoms with E-state index in [0.29, 0.717) is 145 Å². The number of hydrogen-bond acceptors (Lipinski definition) is 23. The molecular weight excluding hydrogens is 1910 g/mol. The van der Waals surface area contributed by atoms with E-state index in [1.54, 1.807) is 98.5 Å². The second kappa shape index (κ2) is 45.9. The Balaban J connectivity index is 0.000000204. The lowest BCUT2D eigenvalue weighted by Gasteiger charge is -2.23. The number of amides is 10. The highest BCUT2D eigenvalue weighted by Gasteiger charge is 2.44. The summed E-state index contributed by atoms with van der Waals surface area (Å²) in [5.41, 5.74) is 18.1. The molecule has 33 nitrogen and oxygen atoms in total. The van der Waals surface area contributed by atoms with Crippen LogP contribution < -0.4 is 69.3 Å². The zero-order valence-corrected chi connectivity index (χ0v) is 84.2. The summed E-state index contributed by atoms with van der Waals surface area (Å²) >= 11 is 0. The van der Waals surface area contributed by atoms with Gasteiger partial charge in [0.1, 0.15) is 37.9 Å². The Bertz CT molecular complexity index is 7110. The van der Waals surface area contributed by atoms with Gasteiger partial charge in [0.05, 0.1) is 60.9 Å². The topological polar surface area (TPSA) is 413 Å². The Morgan fingerprint density at radius 1 is 0.393 bits per heavy atom. The highest BCUT2D eigenvalue weighted by atomic mass is 16.7. The SMILES string of the molecule is C.COc1cc2c(cc1OCc1cc(COc3cc4c(cc3C)C(=O)N3c5ccccc5C[C@H]3CC4)cc(NC(=O)[C@@H](C)CC(=O)[C@H](C)NC(=O)CCCCC(=O)O)c1)N=C[C@@H]1Cc3ccccc3N1C2=O.COc1cc2c(cc1OCc1cc(COc3cc4c(cc3C)C(=O)N3c5ccccc5C[C@H]3CC4)cc(NC(=O)[C@@H](C)CC(=O)[C@H](C)NC(=O)CCCCC(=O)ON3C(=O)CCC3=O)c1)N=C[C@@H]1Cc3ccccc3N1C2=O. The minimum absolute atomic E-state index is 0. The Morgan fingerprint density at radius 3 is 1.13 bits per heavy atom. The first kappa shape index (κ1) is 105. The number of nitrogens with zero attached hydrogens (tertiary/aromatic N) is 7. The molecule has 0 saturated carbocycles. The van der Waals surface area contributed by atoms with E-state index >= 15 is 0 Å². The van der Waals surface area contributed by atoms with Gasteiger partial charge in [0.25, 0.3) is 35.4 Å². The Labute approximate surface area is 868 Å². The maximum atomic E-state index is 14.1. The summed E-state index contributed by atoms with van der Waals surface area (Å²) in [6.07, 6.45) is 10.5. The molecule has 0 aliphatic carbocycles. The summed E-state index contributed by atoms with van der Waals surface area (Å²) in [5.74, 6) is -4.51. The first-order valence-corrected chi connectivity index (χ1v) is 50.6. The van der Waals surface area contributed by atoms with E-state index < -0.39 is 65.4 Å². The van der Waals surface area contributed by atoms with Crippen LogP contribution in [-0.2, 0) is 118 Å². The summed E-state index contributed by atoms with van der Waals surface area (Å²) < 4.78 is 37.4. The third-order valence-electron chi connectivity index (χ3n) is 28.7. The van der Waals surface area contributed by atoms with E-state index in [9.17, 15) is 67.1 Å². The molecule has 0 spiro atoms. The standard InChI is InChI=1S/C60H60N6O12.C56H57N5O10.CH4/c1-34-21-45-39(17-18-43-26-40-11-5-7-13-48(40)64(43)59(45)73)28-51(34)76-32-37-23-38(33-77-53-30-47-46(29-52(53)75-4)60(74)65-44(31-61-47)27-41-12-6-8-14-49(41)65)25-42(24-37)63-58(72)35(2)22-50(67)36(3)62-54(68)15-9-10-16-57(71)78-66-55(69)19-20-56(66)70;1-32-19-43-37(17-18-41-24-38-11-5-7-13-46(38)60(41)55(43)67)26-49(32)70-30-35-21-36(23-40(22-35)59-54(66)33(2)20-48(62)34(3)58-52(63)15-9-10-16-53(64)65)31-71-51-28-45-44(27-50(51)69-4)56(68)61-42(29-57-45)25-39-12-6-8-14-47(39)61;/h5-8,11-14,21,23-25,28-31,35-36,43-44H,9-10,15-20,22,26-27,32-33H2,1-4H3,(H,62,68)(H,63,72);5-8,11-14,19,21-23,26-29,33-34,41-42H,9-10,15-18,20,24-25,30-31H2,1-4H3,(H,58,63)(H,59,66)(H,64,65);1H4/t35-,36-,43+,44-;33-,34-,41+,42-;/m00./s1. The molecule has 0 aromatic heterocycles. The Morgan fingerprint density at radius 2 is 0.747 bits per heavy atom. The molecule has 1 saturated heterocycles. The number of methoxy groups -OCH3 is 2. The van der Waals surface area contributed by atoms with E-state index in [2.05, 4.69) is 33.4 Å². The molecule has 8 atom stereocenters. The number of rotatable bonds is 37. The summed E-state index contributed by atoms with van der Waals surface area (Å²) in [5, 5.41) is 20.6. The van der Waals surface area contributed by atoms with Crippen LogP contribution in [0, 0.1) is 25.7 Å². The molecule has 0 bridgehead atoms. The molecule has 5 N–H and O–H groups in total. The minimum atomic E-state index is -0.933. The van der Waals surface area contributed by atoms with Crippen LogP contribution in [-0.4, -0.2) is 156 Å². The monoisotopic (exact) mass is 2030 g/mol. The number of fused-ring (bicyclic) bond motifs is 16. The van der Waals surface area contributed by atoms with E-state index in [1.165, 1.54) is 25.3 Å². The van der Waals surface area contributed by atoms with Crippen molar-refractivity contribution >= 4 is 141 Å². The van der Waals surface area contributed by atoms with Crippen molar-refractivity contribution in [3.8, 4) is 34.5 Å². The molecule has 9 aliphatic heterocycles. The number of aliphatic imine (C=N–C) groups is 2. The summed E-state index contributed by atoms with van der Waals surface area (Å²) in [4.78, 5) is 204. The van der Waals surface area contributed by atoms with Crippen LogP contribution in [0.15, 0.2) is 192 Å². The summed E-state index contributed by atoms with van der Waals surface area (Å²) in [6.45, 7) is 10.4. The average Bonchev–Trinajstić information content (AvgIpc) is 1.62. The number of nitrogens with one attached hydrogen (secondary N) is 4. The van der Waals surface area contributed by atoms with Crippen LogP contribution in [0.1, 0.15) is 233 Å². The lowest BCUT2D eigenvalue weighted by atomic mass is 9.98. The number of carboxylic acids is 1. The molecular formula is C117H121N11O22. The molecule has 33 heteroatoms. The fourth-order valence-corrected chi connectivity index (χ4v) is 20.8. The van der Waals surface area contributed by atoms with Gasteiger partial charge in [-0.05, 0) is 256 Å². The Kier molecular flexibility index (Phi) is 32.1. The van der Waals surface area contributed by atoms with Crippen molar-refractivity contribution in [3.05, 3.63) is 271 Å². The van der Waals surface area contributed by atoms with E-state index in [1.807, 2.05) is 145 Å². The van der Waals surface area contributed by atoms with E-state index in [-0.39, 0.29) is 163 Å². The number of Topliss-reactive ketones (excluding diaryl/α,β-unsaturated/α-hetero) is 2. The van der Waals surface area contributed by atoms with Gasteiger partial charge in [-0.1, -0.05) is 94.1 Å². The van der Waals surface area contributed by atoms with Crippen LogP contribution in [0.25, 0.3) is 0 Å². The number of unbranched alkanes of at least 4 members (excludes halogenated alkanes) is 2. The molecule has 0 radical (unpaired) electrons. The van der Waals surface area contributed by atoms with E-state index in [4.69, 9.17) is 48.4 Å². The number of benzene rings is 10. The molecule has 150 heavy (non-hydrogen) atoms. The van der Waals surface area contributed by atoms with Gasteiger partial charge < -0.3 is 69.4 Å².